The van der Waals surface area contributed by atoms with E-state index in [-0.39, 0.29) is 19.8 Å². The number of unbranched alkanes of at least 4 members (excludes halogenated alkanes) is 9. The highest BCUT2D eigenvalue weighted by Crippen LogP contribution is 2.42. The highest BCUT2D eigenvalue weighted by molar-refractivity contribution is 7.47. The van der Waals surface area contributed by atoms with Crippen molar-refractivity contribution in [2.75, 3.05) is 66.3 Å². The van der Waals surface area contributed by atoms with Crippen molar-refractivity contribution in [2.45, 2.75) is 90.4 Å². The van der Waals surface area contributed by atoms with Crippen LogP contribution < -0.4 is 0 Å². The summed E-state index contributed by atoms with van der Waals surface area (Å²) in [5, 5.41) is 0. The van der Waals surface area contributed by atoms with E-state index in [2.05, 4.69) is 14.0 Å². The molecule has 1 saturated heterocycles. The van der Waals surface area contributed by atoms with Crippen LogP contribution in [-0.2, 0) is 23.1 Å². The van der Waals surface area contributed by atoms with Crippen molar-refractivity contribution < 1.29 is 32.5 Å². The van der Waals surface area contributed by atoms with Crippen LogP contribution in [0.5, 0.6) is 0 Å². The zero-order valence-electron chi connectivity index (χ0n) is 20.9. The summed E-state index contributed by atoms with van der Waals surface area (Å²) in [7, 11) is -1.82. The fourth-order valence-electron chi connectivity index (χ4n) is 4.14. The van der Waals surface area contributed by atoms with Gasteiger partial charge in [-0.25, -0.2) is 4.57 Å². The van der Waals surface area contributed by atoms with Crippen LogP contribution in [0.15, 0.2) is 0 Å². The fourth-order valence-corrected chi connectivity index (χ4v) is 4.83. The maximum Gasteiger partial charge on any atom is 0.472 e. The van der Waals surface area contributed by atoms with Gasteiger partial charge in [-0.1, -0.05) is 64.7 Å². The van der Waals surface area contributed by atoms with E-state index in [1.165, 1.54) is 77.0 Å². The molecule has 0 aromatic rings. The van der Waals surface area contributed by atoms with Gasteiger partial charge in [-0.05, 0) is 25.7 Å². The third-order valence-corrected chi connectivity index (χ3v) is 7.30. The molecule has 0 spiro atoms. The van der Waals surface area contributed by atoms with Gasteiger partial charge >= 0.3 is 7.82 Å². The van der Waals surface area contributed by atoms with Gasteiger partial charge in [0.2, 0.25) is 0 Å². The molecular formula is C24H51NO6P+. The Morgan fingerprint density at radius 1 is 0.688 bits per heavy atom. The molecule has 192 valence electrons. The maximum atomic E-state index is 11.9. The van der Waals surface area contributed by atoms with Crippen molar-refractivity contribution in [3.63, 3.8) is 0 Å². The van der Waals surface area contributed by atoms with Gasteiger partial charge in [0.05, 0.1) is 46.6 Å². The SMILES string of the molecule is CCCCCCCCCCCCOCCOCCOP(=O)(O)OCC[N+]1(C)CCCCC1. The molecule has 8 heteroatoms. The van der Waals surface area contributed by atoms with Gasteiger partial charge in [0.15, 0.2) is 0 Å². The first kappa shape index (κ1) is 30.0. The summed E-state index contributed by atoms with van der Waals surface area (Å²) >= 11 is 0. The van der Waals surface area contributed by atoms with Crippen molar-refractivity contribution >= 4 is 7.82 Å². The predicted molar refractivity (Wildman–Crippen MR) is 130 cm³/mol. The molecule has 1 fully saturated rings. The number of phosphoric acid groups is 1. The van der Waals surface area contributed by atoms with Crippen LogP contribution in [0.4, 0.5) is 0 Å². The predicted octanol–water partition coefficient (Wildman–Crippen LogP) is 5.70. The lowest BCUT2D eigenvalue weighted by molar-refractivity contribution is -0.914. The summed E-state index contributed by atoms with van der Waals surface area (Å²) in [5.41, 5.74) is 0. The van der Waals surface area contributed by atoms with Crippen LogP contribution in [0.1, 0.15) is 90.4 Å². The largest absolute Gasteiger partial charge is 0.472 e. The molecule has 0 radical (unpaired) electrons. The lowest BCUT2D eigenvalue weighted by Crippen LogP contribution is -2.49. The Bertz CT molecular complexity index is 473. The molecule has 0 amide bonds. The van der Waals surface area contributed by atoms with E-state index in [0.29, 0.717) is 13.2 Å². The Morgan fingerprint density at radius 2 is 1.19 bits per heavy atom. The molecule has 7 nitrogen and oxygen atoms in total. The molecule has 1 rings (SSSR count). The van der Waals surface area contributed by atoms with Gasteiger partial charge in [-0.2, -0.15) is 0 Å². The number of hydrogen-bond donors (Lipinski definition) is 1. The second-order valence-electron chi connectivity index (χ2n) is 9.39. The number of likely N-dealkylation sites (N-methyl/N-ethyl adjacent to an activating group) is 1. The van der Waals surface area contributed by atoms with Gasteiger partial charge in [0.25, 0.3) is 0 Å². The molecule has 0 saturated carbocycles. The molecule has 1 N–H and O–H groups in total. The highest BCUT2D eigenvalue weighted by Gasteiger charge is 2.27. The average molecular weight is 481 g/mol. The topological polar surface area (TPSA) is 74.2 Å². The van der Waals surface area contributed by atoms with Crippen molar-refractivity contribution in [1.82, 2.24) is 0 Å². The van der Waals surface area contributed by atoms with Gasteiger partial charge in [0.1, 0.15) is 13.2 Å². The normalized spacial score (nSPS) is 18.0. The molecule has 0 bridgehead atoms. The third kappa shape index (κ3) is 17.5. The Morgan fingerprint density at radius 3 is 1.81 bits per heavy atom. The number of piperidine rings is 1. The molecule has 1 aliphatic rings. The van der Waals surface area contributed by atoms with E-state index >= 15 is 0 Å². The Balaban J connectivity index is 1.82. The van der Waals surface area contributed by atoms with Crippen LogP contribution in [0.2, 0.25) is 0 Å². The smallest absolute Gasteiger partial charge is 0.379 e. The van der Waals surface area contributed by atoms with Crippen molar-refractivity contribution in [3.8, 4) is 0 Å². The number of rotatable bonds is 22. The van der Waals surface area contributed by atoms with Crippen LogP contribution in [0.3, 0.4) is 0 Å². The Hall–Kier alpha value is -0.0100. The summed E-state index contributed by atoms with van der Waals surface area (Å²) in [4.78, 5) is 9.78. The van der Waals surface area contributed by atoms with Gasteiger partial charge < -0.3 is 18.9 Å². The summed E-state index contributed by atoms with van der Waals surface area (Å²) in [5.74, 6) is 0. The Labute approximate surface area is 197 Å². The zero-order chi connectivity index (χ0) is 23.4. The number of nitrogens with zero attached hydrogens (tertiary/aromatic N) is 1. The van der Waals surface area contributed by atoms with Crippen molar-refractivity contribution in [3.05, 3.63) is 0 Å². The number of likely N-dealkylation sites (tertiary alicyclic amines) is 1. The molecular weight excluding hydrogens is 429 g/mol. The number of ether oxygens (including phenoxy) is 2. The number of phosphoric ester groups is 1. The van der Waals surface area contributed by atoms with Crippen LogP contribution >= 0.6 is 7.82 Å². The first-order valence-corrected chi connectivity index (χ1v) is 14.6. The molecule has 1 aliphatic heterocycles. The summed E-state index contributed by atoms with van der Waals surface area (Å²) in [6.07, 6.45) is 16.9. The van der Waals surface area contributed by atoms with Crippen LogP contribution in [0, 0.1) is 0 Å². The Kier molecular flexibility index (Phi) is 18.1. The quantitative estimate of drug-likeness (QED) is 0.122. The zero-order valence-corrected chi connectivity index (χ0v) is 21.8. The molecule has 32 heavy (non-hydrogen) atoms. The molecule has 0 aliphatic carbocycles. The van der Waals surface area contributed by atoms with E-state index in [0.717, 1.165) is 37.1 Å². The van der Waals surface area contributed by atoms with E-state index in [4.69, 9.17) is 18.5 Å². The summed E-state index contributed by atoms with van der Waals surface area (Å²) in [6.45, 7) is 7.51. The van der Waals surface area contributed by atoms with Gasteiger partial charge in [-0.15, -0.1) is 0 Å². The monoisotopic (exact) mass is 480 g/mol. The second-order valence-corrected chi connectivity index (χ2v) is 10.8. The second kappa shape index (κ2) is 19.3. The summed E-state index contributed by atoms with van der Waals surface area (Å²) in [6, 6.07) is 0. The van der Waals surface area contributed by atoms with E-state index in [1.54, 1.807) is 0 Å². The molecule has 1 atom stereocenters. The van der Waals surface area contributed by atoms with Crippen molar-refractivity contribution in [1.29, 1.82) is 0 Å². The van der Waals surface area contributed by atoms with E-state index in [1.807, 2.05) is 0 Å². The molecule has 1 unspecified atom stereocenters. The van der Waals surface area contributed by atoms with E-state index < -0.39 is 7.82 Å². The molecule has 1 heterocycles. The fraction of sp³-hybridized carbons (Fsp3) is 1.00. The first-order chi connectivity index (χ1) is 15.5. The molecule has 0 aromatic carbocycles. The number of quaternary nitrogens is 1. The lowest BCUT2D eigenvalue weighted by atomic mass is 10.1. The van der Waals surface area contributed by atoms with Gasteiger partial charge in [-0.3, -0.25) is 9.05 Å². The first-order valence-electron chi connectivity index (χ1n) is 13.1. The maximum absolute atomic E-state index is 11.9. The lowest BCUT2D eigenvalue weighted by Gasteiger charge is -2.37. The third-order valence-electron chi connectivity index (χ3n) is 6.28. The number of hydrogen-bond acceptors (Lipinski definition) is 5. The van der Waals surface area contributed by atoms with Crippen LogP contribution in [-0.4, -0.2) is 75.7 Å². The van der Waals surface area contributed by atoms with Gasteiger partial charge in [0, 0.05) is 6.61 Å². The highest BCUT2D eigenvalue weighted by atomic mass is 31.2. The van der Waals surface area contributed by atoms with Crippen molar-refractivity contribution in [2.24, 2.45) is 0 Å². The van der Waals surface area contributed by atoms with Crippen LogP contribution in [0.25, 0.3) is 0 Å². The standard InChI is InChI=1S/C24H50NO6P/c1-3-4-5-6-7-8-9-10-11-15-19-28-21-22-29-23-24-31-32(26,27)30-20-18-25(2)16-13-12-14-17-25/h3-24H2,1-2H3/p+1. The minimum Gasteiger partial charge on any atom is -0.379 e. The average Bonchev–Trinajstić information content (AvgIpc) is 2.76. The minimum atomic E-state index is -4.00. The summed E-state index contributed by atoms with van der Waals surface area (Å²) < 4.78 is 33.9. The minimum absolute atomic E-state index is 0.0400. The molecule has 0 aromatic heterocycles. The van der Waals surface area contributed by atoms with E-state index in [9.17, 15) is 9.46 Å².